The summed E-state index contributed by atoms with van der Waals surface area (Å²) in [6.45, 7) is 2.90. The number of methoxy groups -OCH3 is 1. The minimum atomic E-state index is -0.299. The number of nitrogens with zero attached hydrogens (tertiary/aromatic N) is 4. The monoisotopic (exact) mass is 389 g/mol. The Morgan fingerprint density at radius 1 is 1.30 bits per heavy atom. The van der Waals surface area contributed by atoms with Gasteiger partial charge in [-0.15, -0.1) is 5.10 Å². The molecule has 0 fully saturated rings. The lowest BCUT2D eigenvalue weighted by molar-refractivity contribution is -0.121. The summed E-state index contributed by atoms with van der Waals surface area (Å²) in [5, 5.41) is 7.72. The average molecular weight is 390 g/mol. The number of carbonyl (C=O) groups is 1. The molecular weight excluding hydrogens is 370 g/mol. The number of aryl methyl sites for hydroxylation is 1. The predicted octanol–water partition coefficient (Wildman–Crippen LogP) is 1.67. The molecule has 0 aliphatic carbocycles. The summed E-state index contributed by atoms with van der Waals surface area (Å²) in [6, 6.07) is 8.45. The van der Waals surface area contributed by atoms with Gasteiger partial charge in [-0.3, -0.25) is 9.59 Å². The maximum atomic E-state index is 12.3. The Labute approximate surface area is 160 Å². The largest absolute Gasteiger partial charge is 0.385 e. The summed E-state index contributed by atoms with van der Waals surface area (Å²) in [5.41, 5.74) is 1.07. The van der Waals surface area contributed by atoms with Crippen molar-refractivity contribution in [2.45, 2.75) is 19.9 Å². The number of carbonyl (C=O) groups excluding carboxylic acids is 1. The number of fused-ring (bicyclic) bond motifs is 1. The molecule has 3 aromatic rings. The maximum absolute atomic E-state index is 12.3. The molecule has 8 nitrogen and oxygen atoms in total. The van der Waals surface area contributed by atoms with E-state index in [9.17, 15) is 9.59 Å². The van der Waals surface area contributed by atoms with Crippen molar-refractivity contribution >= 4 is 23.3 Å². The molecule has 0 unspecified atom stereocenters. The second-order valence-electron chi connectivity index (χ2n) is 6.06. The van der Waals surface area contributed by atoms with Crippen LogP contribution in [0.2, 0.25) is 5.02 Å². The summed E-state index contributed by atoms with van der Waals surface area (Å²) in [5.74, 6) is 0.538. The second-order valence-corrected chi connectivity index (χ2v) is 6.50. The number of hydrogen-bond acceptors (Lipinski definition) is 5. The van der Waals surface area contributed by atoms with E-state index in [-0.39, 0.29) is 18.0 Å². The van der Waals surface area contributed by atoms with E-state index in [1.165, 1.54) is 10.6 Å². The number of hydrogen-bond donors (Lipinski definition) is 1. The van der Waals surface area contributed by atoms with Gasteiger partial charge in [-0.05, 0) is 37.6 Å². The minimum absolute atomic E-state index is 0.0430. The lowest BCUT2D eigenvalue weighted by atomic mass is 10.2. The molecule has 2 heterocycles. The zero-order valence-electron chi connectivity index (χ0n) is 15.1. The van der Waals surface area contributed by atoms with Crippen LogP contribution in [0.1, 0.15) is 12.1 Å². The molecule has 9 heteroatoms. The second kappa shape index (κ2) is 8.32. The number of aromatic nitrogens is 4. The van der Waals surface area contributed by atoms with Crippen LogP contribution in [0.4, 0.5) is 0 Å². The number of nitrogens with one attached hydrogen (secondary N) is 1. The van der Waals surface area contributed by atoms with Gasteiger partial charge < -0.3 is 14.6 Å². The summed E-state index contributed by atoms with van der Waals surface area (Å²) in [4.78, 5) is 29.0. The smallest absolute Gasteiger partial charge is 0.275 e. The van der Waals surface area contributed by atoms with Gasteiger partial charge >= 0.3 is 0 Å². The Morgan fingerprint density at radius 3 is 2.74 bits per heavy atom. The van der Waals surface area contributed by atoms with Crippen LogP contribution < -0.4 is 10.9 Å². The molecule has 3 rings (SSSR count). The third-order valence-corrected chi connectivity index (χ3v) is 4.30. The number of rotatable bonds is 7. The SMILES string of the molecule is COCCCNC(=O)Cn1c(C)cc(=O)n2nc(-c3ccc(Cl)cc3)nc12. The fourth-order valence-electron chi connectivity index (χ4n) is 2.66. The average Bonchev–Trinajstić information content (AvgIpc) is 3.09. The summed E-state index contributed by atoms with van der Waals surface area (Å²) >= 11 is 5.92. The Morgan fingerprint density at radius 2 is 2.04 bits per heavy atom. The van der Waals surface area contributed by atoms with Crippen LogP contribution in [0.3, 0.4) is 0 Å². The third kappa shape index (κ3) is 4.35. The molecule has 142 valence electrons. The third-order valence-electron chi connectivity index (χ3n) is 4.05. The van der Waals surface area contributed by atoms with E-state index in [2.05, 4.69) is 15.4 Å². The van der Waals surface area contributed by atoms with Crippen molar-refractivity contribution in [3.8, 4) is 11.4 Å². The molecule has 0 saturated heterocycles. The van der Waals surface area contributed by atoms with Crippen molar-refractivity contribution in [2.24, 2.45) is 0 Å². The summed E-state index contributed by atoms with van der Waals surface area (Å²) in [6.07, 6.45) is 0.729. The van der Waals surface area contributed by atoms with Crippen molar-refractivity contribution < 1.29 is 9.53 Å². The molecule has 1 amide bonds. The lowest BCUT2D eigenvalue weighted by Crippen LogP contribution is -2.31. The zero-order valence-corrected chi connectivity index (χ0v) is 15.9. The zero-order chi connectivity index (χ0) is 19.4. The van der Waals surface area contributed by atoms with Gasteiger partial charge in [-0.2, -0.15) is 9.50 Å². The van der Waals surface area contributed by atoms with Gasteiger partial charge in [-0.1, -0.05) is 11.6 Å². The Bertz CT molecular complexity index is 1010. The van der Waals surface area contributed by atoms with Gasteiger partial charge in [0.2, 0.25) is 11.7 Å². The van der Waals surface area contributed by atoms with E-state index >= 15 is 0 Å². The Kier molecular flexibility index (Phi) is 5.88. The van der Waals surface area contributed by atoms with Crippen molar-refractivity contribution in [2.75, 3.05) is 20.3 Å². The fraction of sp³-hybridized carbons (Fsp3) is 0.333. The van der Waals surface area contributed by atoms with Crippen LogP contribution in [0.15, 0.2) is 35.1 Å². The highest BCUT2D eigenvalue weighted by molar-refractivity contribution is 6.30. The highest BCUT2D eigenvalue weighted by Gasteiger charge is 2.15. The van der Waals surface area contributed by atoms with E-state index in [1.807, 2.05) is 0 Å². The number of halogens is 1. The predicted molar refractivity (Wildman–Crippen MR) is 102 cm³/mol. The van der Waals surface area contributed by atoms with Crippen molar-refractivity contribution in [1.82, 2.24) is 24.5 Å². The van der Waals surface area contributed by atoms with Crippen LogP contribution in [-0.2, 0) is 16.1 Å². The summed E-state index contributed by atoms with van der Waals surface area (Å²) in [7, 11) is 1.62. The molecule has 0 saturated carbocycles. The van der Waals surface area contributed by atoms with Gasteiger partial charge in [0.15, 0.2) is 5.82 Å². The normalized spacial score (nSPS) is 11.1. The molecule has 0 aliphatic rings. The van der Waals surface area contributed by atoms with Crippen molar-refractivity contribution in [3.05, 3.63) is 51.4 Å². The maximum Gasteiger partial charge on any atom is 0.275 e. The van der Waals surface area contributed by atoms with Crippen molar-refractivity contribution in [3.63, 3.8) is 0 Å². The van der Waals surface area contributed by atoms with E-state index in [1.54, 1.807) is 42.9 Å². The number of amides is 1. The summed E-state index contributed by atoms with van der Waals surface area (Å²) < 4.78 is 7.83. The molecule has 27 heavy (non-hydrogen) atoms. The molecule has 1 aromatic carbocycles. The van der Waals surface area contributed by atoms with Crippen molar-refractivity contribution in [1.29, 1.82) is 0 Å². The fourth-order valence-corrected chi connectivity index (χ4v) is 2.79. The van der Waals surface area contributed by atoms with Gasteiger partial charge in [-0.25, -0.2) is 0 Å². The molecular formula is C18H20ClN5O3. The number of benzene rings is 1. The molecule has 0 radical (unpaired) electrons. The molecule has 0 spiro atoms. The van der Waals surface area contributed by atoms with Gasteiger partial charge in [0.25, 0.3) is 5.56 Å². The highest BCUT2D eigenvalue weighted by Crippen LogP contribution is 2.19. The van der Waals surface area contributed by atoms with Gasteiger partial charge in [0, 0.05) is 42.6 Å². The standard InChI is InChI=1S/C18H20ClN5O3/c1-12-10-16(26)24-18(23(12)11-15(25)20-8-3-9-27-2)21-17(22-24)13-4-6-14(19)7-5-13/h4-7,10H,3,8-9,11H2,1-2H3,(H,20,25). The van der Waals surface area contributed by atoms with Gasteiger partial charge in [0.05, 0.1) is 0 Å². The van der Waals surface area contributed by atoms with Crippen LogP contribution in [0.25, 0.3) is 17.2 Å². The minimum Gasteiger partial charge on any atom is -0.385 e. The topological polar surface area (TPSA) is 90.5 Å². The molecule has 0 aliphatic heterocycles. The number of ether oxygens (including phenoxy) is 1. The van der Waals surface area contributed by atoms with E-state index < -0.39 is 0 Å². The van der Waals surface area contributed by atoms with Crippen LogP contribution in [-0.4, -0.2) is 45.3 Å². The molecule has 1 N–H and O–H groups in total. The molecule has 0 bridgehead atoms. The van der Waals surface area contributed by atoms with Crippen LogP contribution in [0.5, 0.6) is 0 Å². The molecule has 0 atom stereocenters. The van der Waals surface area contributed by atoms with E-state index in [4.69, 9.17) is 16.3 Å². The lowest BCUT2D eigenvalue weighted by Gasteiger charge is -2.11. The highest BCUT2D eigenvalue weighted by atomic mass is 35.5. The first-order valence-corrected chi connectivity index (χ1v) is 8.86. The first kappa shape index (κ1) is 19.1. The first-order valence-electron chi connectivity index (χ1n) is 8.48. The quantitative estimate of drug-likeness (QED) is 0.621. The van der Waals surface area contributed by atoms with Crippen LogP contribution >= 0.6 is 11.6 Å². The molecule has 2 aromatic heterocycles. The Hall–Kier alpha value is -2.71. The van der Waals surface area contributed by atoms with Crippen LogP contribution in [0, 0.1) is 6.92 Å². The van der Waals surface area contributed by atoms with E-state index in [0.717, 1.165) is 12.0 Å². The first-order chi connectivity index (χ1) is 13.0. The van der Waals surface area contributed by atoms with E-state index in [0.29, 0.717) is 35.5 Å². The Balaban J connectivity index is 1.92. The van der Waals surface area contributed by atoms with Gasteiger partial charge in [0.1, 0.15) is 6.54 Å².